The van der Waals surface area contributed by atoms with Gasteiger partial charge in [0.25, 0.3) is 0 Å². The van der Waals surface area contributed by atoms with Gasteiger partial charge in [0.15, 0.2) is 0 Å². The maximum absolute atomic E-state index is 11.2. The van der Waals surface area contributed by atoms with Crippen LogP contribution in [0.2, 0.25) is 0 Å². The number of hydrogen-bond acceptors (Lipinski definition) is 3. The van der Waals surface area contributed by atoms with Crippen molar-refractivity contribution >= 4 is 5.91 Å². The number of aliphatic hydroxyl groups excluding tert-OH is 1. The summed E-state index contributed by atoms with van der Waals surface area (Å²) in [6.45, 7) is 7.38. The van der Waals surface area contributed by atoms with Crippen LogP contribution in [0.15, 0.2) is 0 Å². The van der Waals surface area contributed by atoms with Gasteiger partial charge in [-0.2, -0.15) is 0 Å². The van der Waals surface area contributed by atoms with Crippen molar-refractivity contribution in [1.82, 2.24) is 10.6 Å². The molecule has 0 aromatic carbocycles. The number of carbonyl (C=O) groups is 1. The van der Waals surface area contributed by atoms with Crippen LogP contribution in [0.3, 0.4) is 0 Å². The van der Waals surface area contributed by atoms with Gasteiger partial charge in [0.1, 0.15) is 0 Å². The number of nitrogens with one attached hydrogen (secondary N) is 2. The van der Waals surface area contributed by atoms with E-state index in [1.807, 2.05) is 20.8 Å². The molecule has 4 heteroatoms. The van der Waals surface area contributed by atoms with Gasteiger partial charge in [0.05, 0.1) is 6.10 Å². The van der Waals surface area contributed by atoms with Crippen LogP contribution in [-0.4, -0.2) is 36.2 Å². The topological polar surface area (TPSA) is 61.4 Å². The monoisotopic (exact) mass is 214 g/mol. The van der Waals surface area contributed by atoms with Gasteiger partial charge in [-0.15, -0.1) is 0 Å². The maximum atomic E-state index is 11.2. The lowest BCUT2D eigenvalue weighted by Gasteiger charge is -2.49. The van der Waals surface area contributed by atoms with Crippen LogP contribution >= 0.6 is 0 Å². The van der Waals surface area contributed by atoms with E-state index in [1.165, 1.54) is 0 Å². The zero-order valence-corrected chi connectivity index (χ0v) is 9.84. The molecule has 88 valence electrons. The molecule has 0 saturated heterocycles. The lowest BCUT2D eigenvalue weighted by atomic mass is 9.64. The molecule has 2 unspecified atom stereocenters. The van der Waals surface area contributed by atoms with Gasteiger partial charge < -0.3 is 15.7 Å². The second kappa shape index (κ2) is 4.94. The molecule has 1 fully saturated rings. The molecule has 1 saturated carbocycles. The molecule has 2 atom stereocenters. The Morgan fingerprint density at radius 3 is 2.67 bits per heavy atom. The third kappa shape index (κ3) is 2.92. The molecule has 3 N–H and O–H groups in total. The van der Waals surface area contributed by atoms with Crippen LogP contribution in [0, 0.1) is 5.41 Å². The Balaban J connectivity index is 2.14. The molecule has 0 spiro atoms. The minimum absolute atomic E-state index is 0.0543. The van der Waals surface area contributed by atoms with E-state index in [9.17, 15) is 9.90 Å². The molecule has 0 aromatic heterocycles. The number of carbonyl (C=O) groups excluding carboxylic acids is 1. The van der Waals surface area contributed by atoms with Crippen LogP contribution in [0.5, 0.6) is 0 Å². The quantitative estimate of drug-likeness (QED) is 0.615. The van der Waals surface area contributed by atoms with Crippen molar-refractivity contribution < 1.29 is 9.90 Å². The van der Waals surface area contributed by atoms with Crippen molar-refractivity contribution in [1.29, 1.82) is 0 Å². The van der Waals surface area contributed by atoms with Gasteiger partial charge >= 0.3 is 0 Å². The fourth-order valence-electron chi connectivity index (χ4n) is 1.89. The van der Waals surface area contributed by atoms with Gasteiger partial charge in [-0.3, -0.25) is 4.79 Å². The van der Waals surface area contributed by atoms with Crippen LogP contribution in [0.4, 0.5) is 0 Å². The predicted molar refractivity (Wildman–Crippen MR) is 59.5 cm³/mol. The Labute approximate surface area is 91.4 Å². The Hall–Kier alpha value is -0.610. The molecule has 15 heavy (non-hydrogen) atoms. The average Bonchev–Trinajstić information content (AvgIpc) is 2.17. The van der Waals surface area contributed by atoms with E-state index >= 15 is 0 Å². The lowest BCUT2D eigenvalue weighted by Crippen LogP contribution is -2.60. The maximum Gasteiger partial charge on any atom is 0.221 e. The highest BCUT2D eigenvalue weighted by atomic mass is 16.3. The van der Waals surface area contributed by atoms with Crippen molar-refractivity contribution in [2.45, 2.75) is 45.8 Å². The summed E-state index contributed by atoms with van der Waals surface area (Å²) in [6.07, 6.45) is 1.10. The molecule has 0 heterocycles. The largest absolute Gasteiger partial charge is 0.392 e. The number of hydrogen-bond donors (Lipinski definition) is 3. The molecule has 4 nitrogen and oxygen atoms in total. The summed E-state index contributed by atoms with van der Waals surface area (Å²) in [5.74, 6) is 0.0858. The number of amides is 1. The van der Waals surface area contributed by atoms with Gasteiger partial charge in [0, 0.05) is 31.0 Å². The Morgan fingerprint density at radius 1 is 1.53 bits per heavy atom. The average molecular weight is 214 g/mol. The minimum Gasteiger partial charge on any atom is -0.392 e. The molecule has 1 aliphatic carbocycles. The standard InChI is InChI=1S/C11H22N2O2/c1-4-12-10(15)5-6-13-8-7-9(14)11(8,2)3/h8-9,13-14H,4-7H2,1-3H3,(H,12,15). The van der Waals surface area contributed by atoms with Crippen LogP contribution < -0.4 is 10.6 Å². The molecule has 0 radical (unpaired) electrons. The SMILES string of the molecule is CCNC(=O)CCNC1CC(O)C1(C)C. The molecule has 0 aromatic rings. The van der Waals surface area contributed by atoms with E-state index < -0.39 is 0 Å². The summed E-state index contributed by atoms with van der Waals surface area (Å²) in [5.41, 5.74) is -0.0543. The van der Waals surface area contributed by atoms with E-state index in [0.717, 1.165) is 6.42 Å². The summed E-state index contributed by atoms with van der Waals surface area (Å²) in [7, 11) is 0. The first-order valence-electron chi connectivity index (χ1n) is 5.66. The smallest absolute Gasteiger partial charge is 0.221 e. The number of aliphatic hydroxyl groups is 1. The molecule has 1 amide bonds. The van der Waals surface area contributed by atoms with Crippen LogP contribution in [0.1, 0.15) is 33.6 Å². The molecule has 0 aliphatic heterocycles. The Morgan fingerprint density at radius 2 is 2.20 bits per heavy atom. The first kappa shape index (κ1) is 12.5. The molecular weight excluding hydrogens is 192 g/mol. The third-order valence-corrected chi connectivity index (χ3v) is 3.33. The van der Waals surface area contributed by atoms with E-state index in [2.05, 4.69) is 10.6 Å². The summed E-state index contributed by atoms with van der Waals surface area (Å²) in [5, 5.41) is 15.6. The highest BCUT2D eigenvalue weighted by Gasteiger charge is 2.46. The van der Waals surface area contributed by atoms with E-state index in [0.29, 0.717) is 25.6 Å². The summed E-state index contributed by atoms with van der Waals surface area (Å²) >= 11 is 0. The minimum atomic E-state index is -0.209. The van der Waals surface area contributed by atoms with Crippen molar-refractivity contribution in [3.63, 3.8) is 0 Å². The predicted octanol–water partition coefficient (Wildman–Crippen LogP) is 0.262. The van der Waals surface area contributed by atoms with E-state index in [4.69, 9.17) is 0 Å². The fraction of sp³-hybridized carbons (Fsp3) is 0.909. The fourth-order valence-corrected chi connectivity index (χ4v) is 1.89. The first-order valence-corrected chi connectivity index (χ1v) is 5.66. The van der Waals surface area contributed by atoms with Crippen molar-refractivity contribution in [3.8, 4) is 0 Å². The highest BCUT2D eigenvalue weighted by molar-refractivity contribution is 5.75. The van der Waals surface area contributed by atoms with Crippen LogP contribution in [-0.2, 0) is 4.79 Å². The van der Waals surface area contributed by atoms with Gasteiger partial charge in [-0.1, -0.05) is 13.8 Å². The second-order valence-electron chi connectivity index (χ2n) is 4.78. The second-order valence-corrected chi connectivity index (χ2v) is 4.78. The van der Waals surface area contributed by atoms with Crippen molar-refractivity contribution in [2.75, 3.05) is 13.1 Å². The zero-order valence-electron chi connectivity index (χ0n) is 9.84. The van der Waals surface area contributed by atoms with Gasteiger partial charge in [0.2, 0.25) is 5.91 Å². The molecular formula is C11H22N2O2. The third-order valence-electron chi connectivity index (χ3n) is 3.33. The van der Waals surface area contributed by atoms with E-state index in [1.54, 1.807) is 0 Å². The van der Waals surface area contributed by atoms with Gasteiger partial charge in [-0.25, -0.2) is 0 Å². The Kier molecular flexibility index (Phi) is 4.11. The Bertz CT molecular complexity index is 229. The summed E-state index contributed by atoms with van der Waals surface area (Å²) in [6, 6.07) is 0.335. The van der Waals surface area contributed by atoms with Crippen molar-refractivity contribution in [2.24, 2.45) is 5.41 Å². The molecule has 1 rings (SSSR count). The number of rotatable bonds is 5. The first-order chi connectivity index (χ1) is 6.98. The van der Waals surface area contributed by atoms with Gasteiger partial charge in [-0.05, 0) is 13.3 Å². The van der Waals surface area contributed by atoms with Crippen molar-refractivity contribution in [3.05, 3.63) is 0 Å². The zero-order chi connectivity index (χ0) is 11.5. The summed E-state index contributed by atoms with van der Waals surface area (Å²) in [4.78, 5) is 11.2. The highest BCUT2D eigenvalue weighted by Crippen LogP contribution is 2.40. The normalized spacial score (nSPS) is 28.3. The molecule has 0 bridgehead atoms. The molecule has 1 aliphatic rings. The lowest BCUT2D eigenvalue weighted by molar-refractivity contribution is -0.121. The van der Waals surface area contributed by atoms with E-state index in [-0.39, 0.29) is 17.4 Å². The van der Waals surface area contributed by atoms with Crippen LogP contribution in [0.25, 0.3) is 0 Å². The summed E-state index contributed by atoms with van der Waals surface area (Å²) < 4.78 is 0.